The minimum absolute atomic E-state index is 0.0369. The van der Waals surface area contributed by atoms with E-state index in [4.69, 9.17) is 5.73 Å². The van der Waals surface area contributed by atoms with Crippen LogP contribution in [0.2, 0.25) is 0 Å². The van der Waals surface area contributed by atoms with Gasteiger partial charge in [-0.15, -0.1) is 0 Å². The van der Waals surface area contributed by atoms with E-state index in [-0.39, 0.29) is 17.8 Å². The molecule has 2 fully saturated rings. The number of hydrogen-bond donors (Lipinski definition) is 1. The molecule has 2 amide bonds. The summed E-state index contributed by atoms with van der Waals surface area (Å²) < 4.78 is 13.8. The summed E-state index contributed by atoms with van der Waals surface area (Å²) >= 11 is 0. The summed E-state index contributed by atoms with van der Waals surface area (Å²) in [4.78, 5) is 28.1. The van der Waals surface area contributed by atoms with Crippen molar-refractivity contribution in [3.8, 4) is 0 Å². The van der Waals surface area contributed by atoms with Gasteiger partial charge in [-0.3, -0.25) is 14.5 Å². The largest absolute Gasteiger partial charge is 0.369 e. The normalized spacial score (nSPS) is 22.8. The third-order valence-corrected chi connectivity index (χ3v) is 5.33. The Balaban J connectivity index is 1.64. The molecule has 2 N–H and O–H groups in total. The van der Waals surface area contributed by atoms with Crippen LogP contribution >= 0.6 is 0 Å². The van der Waals surface area contributed by atoms with Crippen LogP contribution in [0.4, 0.5) is 4.39 Å². The van der Waals surface area contributed by atoms with E-state index in [2.05, 4.69) is 4.90 Å². The van der Waals surface area contributed by atoms with E-state index in [1.165, 1.54) is 6.07 Å². The lowest BCUT2D eigenvalue weighted by atomic mass is 9.99. The van der Waals surface area contributed by atoms with Crippen molar-refractivity contribution >= 4 is 11.8 Å². The van der Waals surface area contributed by atoms with E-state index in [1.807, 2.05) is 6.07 Å². The van der Waals surface area contributed by atoms with Gasteiger partial charge < -0.3 is 10.6 Å². The van der Waals surface area contributed by atoms with Gasteiger partial charge in [0.1, 0.15) is 11.2 Å². The number of carbonyl (C=O) groups is 2. The molecular weight excluding hydrogens is 309 g/mol. The van der Waals surface area contributed by atoms with Crippen LogP contribution in [-0.2, 0) is 16.1 Å². The third-order valence-electron chi connectivity index (χ3n) is 5.33. The van der Waals surface area contributed by atoms with Gasteiger partial charge in [-0.05, 0) is 38.3 Å². The number of likely N-dealkylation sites (N-methyl/N-ethyl adjacent to an activating group) is 1. The molecule has 0 aromatic heterocycles. The number of nitrogens with two attached hydrogens (primary N) is 1. The van der Waals surface area contributed by atoms with Gasteiger partial charge in [-0.25, -0.2) is 4.39 Å². The first-order valence-electron chi connectivity index (χ1n) is 8.47. The van der Waals surface area contributed by atoms with Crippen molar-refractivity contribution in [3.63, 3.8) is 0 Å². The van der Waals surface area contributed by atoms with Crippen LogP contribution in [0, 0.1) is 11.2 Å². The minimum atomic E-state index is -0.970. The Morgan fingerprint density at radius 3 is 2.71 bits per heavy atom. The van der Waals surface area contributed by atoms with Crippen molar-refractivity contribution in [2.45, 2.75) is 38.3 Å². The fourth-order valence-corrected chi connectivity index (χ4v) is 3.55. The van der Waals surface area contributed by atoms with Gasteiger partial charge in [0.2, 0.25) is 11.8 Å². The van der Waals surface area contributed by atoms with Crippen LogP contribution in [0.15, 0.2) is 24.3 Å². The SMILES string of the molecule is CN(C(=O)C1(C(N)=O)CC1)[C@@H]1CCCN(Cc2ccccc2F)C1. The zero-order chi connectivity index (χ0) is 17.3. The summed E-state index contributed by atoms with van der Waals surface area (Å²) in [7, 11) is 1.75. The van der Waals surface area contributed by atoms with E-state index >= 15 is 0 Å². The molecule has 1 aromatic carbocycles. The average molecular weight is 333 g/mol. The van der Waals surface area contributed by atoms with Gasteiger partial charge >= 0.3 is 0 Å². The van der Waals surface area contributed by atoms with Gasteiger partial charge in [0.05, 0.1) is 0 Å². The van der Waals surface area contributed by atoms with Crippen molar-refractivity contribution in [1.82, 2.24) is 9.80 Å². The second kappa shape index (κ2) is 6.51. The van der Waals surface area contributed by atoms with Gasteiger partial charge in [0, 0.05) is 31.7 Å². The zero-order valence-corrected chi connectivity index (χ0v) is 14.0. The number of rotatable bonds is 5. The number of nitrogens with zero attached hydrogens (tertiary/aromatic N) is 2. The van der Waals surface area contributed by atoms with E-state index in [1.54, 1.807) is 24.1 Å². The topological polar surface area (TPSA) is 66.6 Å². The summed E-state index contributed by atoms with van der Waals surface area (Å²) in [5, 5.41) is 0. The van der Waals surface area contributed by atoms with Crippen molar-refractivity contribution in [1.29, 1.82) is 0 Å². The second-order valence-corrected chi connectivity index (χ2v) is 6.98. The Morgan fingerprint density at radius 1 is 1.38 bits per heavy atom. The van der Waals surface area contributed by atoms with Gasteiger partial charge in [0.15, 0.2) is 0 Å². The van der Waals surface area contributed by atoms with E-state index in [0.29, 0.717) is 31.5 Å². The predicted octanol–water partition coefficient (Wildman–Crippen LogP) is 1.51. The lowest BCUT2D eigenvalue weighted by Crippen LogP contribution is -2.52. The lowest BCUT2D eigenvalue weighted by Gasteiger charge is -2.38. The summed E-state index contributed by atoms with van der Waals surface area (Å²) in [5.74, 6) is -0.874. The van der Waals surface area contributed by atoms with E-state index in [9.17, 15) is 14.0 Å². The molecular formula is C18H24FN3O2. The molecule has 0 bridgehead atoms. The van der Waals surface area contributed by atoms with Crippen molar-refractivity contribution in [2.75, 3.05) is 20.1 Å². The molecule has 0 radical (unpaired) electrons. The Labute approximate surface area is 141 Å². The maximum Gasteiger partial charge on any atom is 0.238 e. The molecule has 130 valence electrons. The second-order valence-electron chi connectivity index (χ2n) is 6.98. The van der Waals surface area contributed by atoms with Crippen molar-refractivity contribution < 1.29 is 14.0 Å². The highest BCUT2D eigenvalue weighted by Crippen LogP contribution is 2.47. The number of hydrogen-bond acceptors (Lipinski definition) is 3. The molecule has 1 atom stereocenters. The Kier molecular flexibility index (Phi) is 4.58. The van der Waals surface area contributed by atoms with Gasteiger partial charge in [-0.1, -0.05) is 18.2 Å². The molecule has 1 aromatic rings. The highest BCUT2D eigenvalue weighted by molar-refractivity contribution is 6.07. The smallest absolute Gasteiger partial charge is 0.238 e. The summed E-state index contributed by atoms with van der Waals surface area (Å²) in [5.41, 5.74) is 5.11. The molecule has 5 nitrogen and oxygen atoms in total. The number of benzene rings is 1. The number of halogens is 1. The summed E-state index contributed by atoms with van der Waals surface area (Å²) in [6.07, 6.45) is 2.94. The highest BCUT2D eigenvalue weighted by atomic mass is 19.1. The monoisotopic (exact) mass is 333 g/mol. The number of carbonyl (C=O) groups excluding carboxylic acids is 2. The van der Waals surface area contributed by atoms with Crippen LogP contribution in [0.25, 0.3) is 0 Å². The molecule has 1 aliphatic carbocycles. The molecule has 2 aliphatic rings. The third kappa shape index (κ3) is 3.15. The van der Waals surface area contributed by atoms with Gasteiger partial charge in [0.25, 0.3) is 0 Å². The number of likely N-dealkylation sites (tertiary alicyclic amines) is 1. The standard InChI is InChI=1S/C18H24FN3O2/c1-21(17(24)18(8-9-18)16(20)23)14-6-4-10-22(12-14)11-13-5-2-3-7-15(13)19/h2-3,5,7,14H,4,6,8-12H2,1H3,(H2,20,23)/t14-/m1/s1. The molecule has 0 spiro atoms. The highest BCUT2D eigenvalue weighted by Gasteiger charge is 2.57. The maximum absolute atomic E-state index is 13.8. The minimum Gasteiger partial charge on any atom is -0.369 e. The van der Waals surface area contributed by atoms with Crippen LogP contribution < -0.4 is 5.73 Å². The molecule has 3 rings (SSSR count). The summed E-state index contributed by atoms with van der Waals surface area (Å²) in [6, 6.07) is 6.81. The fourth-order valence-electron chi connectivity index (χ4n) is 3.55. The van der Waals surface area contributed by atoms with Crippen molar-refractivity contribution in [2.24, 2.45) is 11.1 Å². The molecule has 1 aliphatic heterocycles. The Bertz CT molecular complexity index is 645. The molecule has 1 heterocycles. The first-order valence-corrected chi connectivity index (χ1v) is 8.47. The lowest BCUT2D eigenvalue weighted by molar-refractivity contribution is -0.144. The van der Waals surface area contributed by atoms with Crippen LogP contribution in [0.3, 0.4) is 0 Å². The molecule has 1 saturated heterocycles. The fraction of sp³-hybridized carbons (Fsp3) is 0.556. The van der Waals surface area contributed by atoms with E-state index < -0.39 is 11.3 Å². The zero-order valence-electron chi connectivity index (χ0n) is 14.0. The maximum atomic E-state index is 13.8. The summed E-state index contributed by atoms with van der Waals surface area (Å²) in [6.45, 7) is 2.10. The Morgan fingerprint density at radius 2 is 2.08 bits per heavy atom. The van der Waals surface area contributed by atoms with E-state index in [0.717, 1.165) is 19.4 Å². The first kappa shape index (κ1) is 16.9. The van der Waals surface area contributed by atoms with Crippen molar-refractivity contribution in [3.05, 3.63) is 35.6 Å². The molecule has 1 saturated carbocycles. The predicted molar refractivity (Wildman–Crippen MR) is 88.3 cm³/mol. The average Bonchev–Trinajstić information content (AvgIpc) is 3.38. The number of amides is 2. The Hall–Kier alpha value is -1.95. The first-order chi connectivity index (χ1) is 11.4. The molecule has 6 heteroatoms. The molecule has 0 unspecified atom stereocenters. The van der Waals surface area contributed by atoms with Crippen LogP contribution in [0.1, 0.15) is 31.2 Å². The molecule has 24 heavy (non-hydrogen) atoms. The van der Waals surface area contributed by atoms with Crippen LogP contribution in [-0.4, -0.2) is 47.8 Å². The number of primary amides is 1. The number of piperidine rings is 1. The quantitative estimate of drug-likeness (QED) is 0.831. The van der Waals surface area contributed by atoms with Gasteiger partial charge in [-0.2, -0.15) is 0 Å². The van der Waals surface area contributed by atoms with Crippen LogP contribution in [0.5, 0.6) is 0 Å².